The first kappa shape index (κ1) is 12.7. The quantitative estimate of drug-likeness (QED) is 0.789. The van der Waals surface area contributed by atoms with Crippen molar-refractivity contribution < 1.29 is 13.2 Å². The summed E-state index contributed by atoms with van der Waals surface area (Å²) in [6.07, 6.45) is 0. The van der Waals surface area contributed by atoms with E-state index < -0.39 is 17.5 Å². The zero-order chi connectivity index (χ0) is 13.6. The van der Waals surface area contributed by atoms with E-state index in [-0.39, 0.29) is 22.5 Å². The first-order valence-electron chi connectivity index (χ1n) is 5.57. The minimum atomic E-state index is -1.52. The molecule has 0 saturated carbocycles. The summed E-state index contributed by atoms with van der Waals surface area (Å²) >= 11 is 0. The summed E-state index contributed by atoms with van der Waals surface area (Å²) in [7, 11) is 0. The maximum atomic E-state index is 13.6. The zero-order valence-electron chi connectivity index (χ0n) is 10.3. The molecule has 2 N–H and O–H groups in total. The molecule has 1 aromatic carbocycles. The number of nitrogens with two attached hydrogens (primary N) is 1. The van der Waals surface area contributed by atoms with Crippen LogP contribution >= 0.6 is 0 Å². The third kappa shape index (κ3) is 1.70. The second-order valence-electron chi connectivity index (χ2n) is 4.56. The fourth-order valence-electron chi connectivity index (χ4n) is 2.20. The van der Waals surface area contributed by atoms with Gasteiger partial charge >= 0.3 is 0 Å². The molecule has 0 aliphatic rings. The lowest BCUT2D eigenvalue weighted by atomic mass is 9.97. The lowest BCUT2D eigenvalue weighted by Crippen LogP contribution is -2.06. The minimum Gasteiger partial charge on any atom is -0.398 e. The molecule has 96 valence electrons. The Morgan fingerprint density at radius 2 is 1.78 bits per heavy atom. The fourth-order valence-corrected chi connectivity index (χ4v) is 2.20. The minimum absolute atomic E-state index is 0.0677. The number of nitrogen functional groups attached to an aromatic ring is 1. The highest BCUT2D eigenvalue weighted by molar-refractivity contribution is 5.92. The number of benzene rings is 1. The second kappa shape index (κ2) is 4.15. The molecule has 0 unspecified atom stereocenters. The summed E-state index contributed by atoms with van der Waals surface area (Å²) < 4.78 is 40.0. The van der Waals surface area contributed by atoms with Crippen LogP contribution in [0.5, 0.6) is 0 Å². The maximum absolute atomic E-state index is 13.6. The molecule has 2 rings (SSSR count). The molecule has 0 radical (unpaired) electrons. The lowest BCUT2D eigenvalue weighted by molar-refractivity contribution is 0.452. The van der Waals surface area contributed by atoms with Gasteiger partial charge in [0.1, 0.15) is 5.52 Å². The van der Waals surface area contributed by atoms with E-state index in [0.717, 1.165) is 11.6 Å². The monoisotopic (exact) mass is 254 g/mol. The lowest BCUT2D eigenvalue weighted by Gasteiger charge is -2.15. The van der Waals surface area contributed by atoms with Crippen LogP contribution in [-0.2, 0) is 0 Å². The van der Waals surface area contributed by atoms with Crippen molar-refractivity contribution in [3.63, 3.8) is 0 Å². The van der Waals surface area contributed by atoms with E-state index in [9.17, 15) is 13.2 Å². The second-order valence-corrected chi connectivity index (χ2v) is 4.56. The molecule has 1 heterocycles. The van der Waals surface area contributed by atoms with Crippen molar-refractivity contribution >= 4 is 16.6 Å². The topological polar surface area (TPSA) is 38.9 Å². The SMILES string of the molecule is Cc1nc2c(F)c(F)c(F)cc2c(N)c1C(C)C. The first-order valence-corrected chi connectivity index (χ1v) is 5.57. The summed E-state index contributed by atoms with van der Waals surface area (Å²) in [6, 6.07) is 0.890. The van der Waals surface area contributed by atoms with Gasteiger partial charge in [-0.15, -0.1) is 0 Å². The van der Waals surface area contributed by atoms with E-state index in [4.69, 9.17) is 5.73 Å². The Labute approximate surface area is 103 Å². The van der Waals surface area contributed by atoms with Crippen molar-refractivity contribution in [2.45, 2.75) is 26.7 Å². The van der Waals surface area contributed by atoms with Gasteiger partial charge in [0.25, 0.3) is 0 Å². The van der Waals surface area contributed by atoms with E-state index in [1.165, 1.54) is 0 Å². The van der Waals surface area contributed by atoms with Gasteiger partial charge in [-0.2, -0.15) is 0 Å². The molecule has 0 spiro atoms. The molecule has 2 aromatic rings. The van der Waals surface area contributed by atoms with Crippen molar-refractivity contribution in [3.05, 3.63) is 34.8 Å². The van der Waals surface area contributed by atoms with Crippen LogP contribution in [-0.4, -0.2) is 4.98 Å². The van der Waals surface area contributed by atoms with Crippen molar-refractivity contribution in [2.75, 3.05) is 5.73 Å². The van der Waals surface area contributed by atoms with Crippen LogP contribution in [0, 0.1) is 24.4 Å². The largest absolute Gasteiger partial charge is 0.398 e. The summed E-state index contributed by atoms with van der Waals surface area (Å²) in [4.78, 5) is 4.00. The summed E-state index contributed by atoms with van der Waals surface area (Å²) in [5.74, 6) is -4.01. The molecular formula is C13H13F3N2. The summed E-state index contributed by atoms with van der Waals surface area (Å²) in [5, 5.41) is 0.112. The van der Waals surface area contributed by atoms with E-state index in [1.54, 1.807) is 6.92 Å². The molecular weight excluding hydrogens is 241 g/mol. The summed E-state index contributed by atoms with van der Waals surface area (Å²) in [6.45, 7) is 5.48. The average Bonchev–Trinajstić information content (AvgIpc) is 2.28. The number of rotatable bonds is 1. The summed E-state index contributed by atoms with van der Waals surface area (Å²) in [5.41, 5.74) is 7.20. The number of nitrogens with zero attached hydrogens (tertiary/aromatic N) is 1. The van der Waals surface area contributed by atoms with Gasteiger partial charge in [0.2, 0.25) is 0 Å². The standard InChI is InChI=1S/C13H13F3N2/c1-5(2)9-6(3)18-13-7(12(9)17)4-8(14)10(15)11(13)16/h4-5H,1-3H3,(H2,17,18). The third-order valence-electron chi connectivity index (χ3n) is 2.96. The molecule has 0 bridgehead atoms. The van der Waals surface area contributed by atoms with Crippen LogP contribution in [0.2, 0.25) is 0 Å². The normalized spacial score (nSPS) is 11.5. The Morgan fingerprint density at radius 1 is 1.17 bits per heavy atom. The highest BCUT2D eigenvalue weighted by Crippen LogP contribution is 2.33. The van der Waals surface area contributed by atoms with Crippen LogP contribution in [0.4, 0.5) is 18.9 Å². The molecule has 0 fully saturated rings. The van der Waals surface area contributed by atoms with Crippen LogP contribution < -0.4 is 5.73 Å². The molecule has 0 atom stereocenters. The Morgan fingerprint density at radius 3 is 2.33 bits per heavy atom. The Hall–Kier alpha value is -1.78. The number of anilines is 1. The molecule has 1 aromatic heterocycles. The van der Waals surface area contributed by atoms with Gasteiger partial charge in [0.15, 0.2) is 17.5 Å². The molecule has 0 amide bonds. The highest BCUT2D eigenvalue weighted by atomic mass is 19.2. The fraction of sp³-hybridized carbons (Fsp3) is 0.308. The van der Waals surface area contributed by atoms with Gasteiger partial charge in [-0.05, 0) is 24.5 Å². The van der Waals surface area contributed by atoms with Crippen molar-refractivity contribution in [1.82, 2.24) is 4.98 Å². The predicted molar refractivity (Wildman–Crippen MR) is 64.9 cm³/mol. The first-order chi connectivity index (χ1) is 8.34. The number of hydrogen-bond acceptors (Lipinski definition) is 2. The van der Waals surface area contributed by atoms with Crippen LogP contribution in [0.1, 0.15) is 31.0 Å². The van der Waals surface area contributed by atoms with E-state index in [0.29, 0.717) is 5.69 Å². The number of halogens is 3. The van der Waals surface area contributed by atoms with Crippen LogP contribution in [0.25, 0.3) is 10.9 Å². The van der Waals surface area contributed by atoms with Crippen LogP contribution in [0.3, 0.4) is 0 Å². The number of hydrogen-bond donors (Lipinski definition) is 1. The van der Waals surface area contributed by atoms with Crippen molar-refractivity contribution in [2.24, 2.45) is 0 Å². The van der Waals surface area contributed by atoms with E-state index in [2.05, 4.69) is 4.98 Å². The van der Waals surface area contributed by atoms with E-state index in [1.807, 2.05) is 13.8 Å². The van der Waals surface area contributed by atoms with Gasteiger partial charge in [-0.1, -0.05) is 13.8 Å². The predicted octanol–water partition coefficient (Wildman–Crippen LogP) is 3.67. The van der Waals surface area contributed by atoms with Gasteiger partial charge in [0.05, 0.1) is 0 Å². The average molecular weight is 254 g/mol. The third-order valence-corrected chi connectivity index (χ3v) is 2.96. The Kier molecular flexibility index (Phi) is 2.92. The Balaban J connectivity index is 2.96. The van der Waals surface area contributed by atoms with Gasteiger partial charge in [0, 0.05) is 16.8 Å². The molecule has 0 aliphatic heterocycles. The van der Waals surface area contributed by atoms with E-state index >= 15 is 0 Å². The van der Waals surface area contributed by atoms with Crippen molar-refractivity contribution in [3.8, 4) is 0 Å². The molecule has 18 heavy (non-hydrogen) atoms. The highest BCUT2D eigenvalue weighted by Gasteiger charge is 2.20. The maximum Gasteiger partial charge on any atom is 0.196 e. The van der Waals surface area contributed by atoms with Gasteiger partial charge in [-0.25, -0.2) is 18.2 Å². The molecule has 5 heteroatoms. The van der Waals surface area contributed by atoms with Gasteiger partial charge in [-0.3, -0.25) is 0 Å². The number of aromatic nitrogens is 1. The zero-order valence-corrected chi connectivity index (χ0v) is 10.3. The number of fused-ring (bicyclic) bond motifs is 1. The molecule has 2 nitrogen and oxygen atoms in total. The smallest absolute Gasteiger partial charge is 0.196 e. The van der Waals surface area contributed by atoms with Crippen molar-refractivity contribution in [1.29, 1.82) is 0 Å². The van der Waals surface area contributed by atoms with Crippen LogP contribution in [0.15, 0.2) is 6.07 Å². The Bertz CT molecular complexity index is 636. The van der Waals surface area contributed by atoms with Gasteiger partial charge < -0.3 is 5.73 Å². The molecule has 0 saturated heterocycles. The number of pyridine rings is 1. The molecule has 0 aliphatic carbocycles. The number of aryl methyl sites for hydroxylation is 1.